The smallest absolute Gasteiger partial charge is 0.260 e. The van der Waals surface area contributed by atoms with Crippen molar-refractivity contribution in [1.29, 1.82) is 0 Å². The number of methoxy groups -OCH3 is 3. The van der Waals surface area contributed by atoms with E-state index in [4.69, 9.17) is 19.2 Å². The lowest BCUT2D eigenvalue weighted by atomic mass is 10.1. The van der Waals surface area contributed by atoms with E-state index in [9.17, 15) is 4.79 Å². The van der Waals surface area contributed by atoms with Crippen LogP contribution in [0.5, 0.6) is 17.2 Å². The van der Waals surface area contributed by atoms with Crippen LogP contribution < -0.4 is 19.1 Å². The minimum atomic E-state index is -0.233. The summed E-state index contributed by atoms with van der Waals surface area (Å²) in [5, 5.41) is 0.560. The summed E-state index contributed by atoms with van der Waals surface area (Å²) in [6.45, 7) is 2.28. The van der Waals surface area contributed by atoms with Gasteiger partial charge >= 0.3 is 0 Å². The normalized spacial score (nSPS) is 10.8. The van der Waals surface area contributed by atoms with E-state index in [0.717, 1.165) is 21.5 Å². The molecule has 0 bridgehead atoms. The Kier molecular flexibility index (Phi) is 6.23. The Morgan fingerprint density at radius 2 is 1.75 bits per heavy atom. The molecule has 0 unspecified atom stereocenters. The zero-order valence-electron chi connectivity index (χ0n) is 18.3. The predicted molar refractivity (Wildman–Crippen MR) is 125 cm³/mol. The lowest BCUT2D eigenvalue weighted by Gasteiger charge is -2.20. The molecule has 8 heteroatoms. The molecule has 4 rings (SSSR count). The molecule has 0 aliphatic heterocycles. The second-order valence-electron chi connectivity index (χ2n) is 7.07. The fourth-order valence-electron chi connectivity index (χ4n) is 3.35. The lowest BCUT2D eigenvalue weighted by Crippen LogP contribution is -2.30. The topological polar surface area (TPSA) is 73.8 Å². The Bertz CT molecular complexity index is 1230. The summed E-state index contributed by atoms with van der Waals surface area (Å²) < 4.78 is 17.2. The molecule has 0 atom stereocenters. The first kappa shape index (κ1) is 21.6. The maximum Gasteiger partial charge on any atom is 0.260 e. The fraction of sp³-hybridized carbons (Fsp3) is 0.208. The number of thiazole rings is 1. The first-order valence-electron chi connectivity index (χ1n) is 9.93. The van der Waals surface area contributed by atoms with E-state index in [1.165, 1.54) is 11.3 Å². The molecule has 32 heavy (non-hydrogen) atoms. The third-order valence-corrected chi connectivity index (χ3v) is 6.25. The van der Waals surface area contributed by atoms with Crippen molar-refractivity contribution in [1.82, 2.24) is 9.97 Å². The van der Waals surface area contributed by atoms with Crippen LogP contribution in [0, 0.1) is 6.92 Å². The number of amides is 1. The van der Waals surface area contributed by atoms with Crippen molar-refractivity contribution in [3.05, 3.63) is 71.5 Å². The standard InChI is InChI=1S/C24H23N3O4S/c1-15-8-9-20(31-4)21-22(15)32-24(26-21)27(14-17-7-5-6-10-25-17)23(28)16-11-18(29-2)13-19(12-16)30-3/h5-13H,14H2,1-4H3. The number of ether oxygens (including phenoxy) is 3. The van der Waals surface area contributed by atoms with E-state index in [0.29, 0.717) is 27.9 Å². The van der Waals surface area contributed by atoms with Crippen LogP contribution >= 0.6 is 11.3 Å². The number of fused-ring (bicyclic) bond motifs is 1. The van der Waals surface area contributed by atoms with Gasteiger partial charge in [-0.25, -0.2) is 4.98 Å². The van der Waals surface area contributed by atoms with Crippen LogP contribution in [0.25, 0.3) is 10.2 Å². The lowest BCUT2D eigenvalue weighted by molar-refractivity contribution is 0.0984. The highest BCUT2D eigenvalue weighted by Gasteiger charge is 2.24. The zero-order valence-corrected chi connectivity index (χ0v) is 19.1. The summed E-state index contributed by atoms with van der Waals surface area (Å²) in [4.78, 5) is 24.5. The van der Waals surface area contributed by atoms with Crippen molar-refractivity contribution in [2.75, 3.05) is 26.2 Å². The van der Waals surface area contributed by atoms with Gasteiger partial charge in [0.25, 0.3) is 5.91 Å². The Labute approximate surface area is 190 Å². The van der Waals surface area contributed by atoms with Gasteiger partial charge in [-0.2, -0.15) is 0 Å². The van der Waals surface area contributed by atoms with Crippen LogP contribution in [0.2, 0.25) is 0 Å². The van der Waals surface area contributed by atoms with Crippen LogP contribution in [0.1, 0.15) is 21.6 Å². The Morgan fingerprint density at radius 1 is 1.00 bits per heavy atom. The summed E-state index contributed by atoms with van der Waals surface area (Å²) >= 11 is 1.45. The number of nitrogens with zero attached hydrogens (tertiary/aromatic N) is 3. The summed E-state index contributed by atoms with van der Waals surface area (Å²) in [5.41, 5.74) is 2.98. The highest BCUT2D eigenvalue weighted by atomic mass is 32.1. The molecule has 0 fully saturated rings. The van der Waals surface area contributed by atoms with Gasteiger partial charge in [-0.1, -0.05) is 23.5 Å². The monoisotopic (exact) mass is 449 g/mol. The molecular weight excluding hydrogens is 426 g/mol. The number of aryl methyl sites for hydroxylation is 1. The van der Waals surface area contributed by atoms with E-state index in [2.05, 4.69) is 4.98 Å². The summed E-state index contributed by atoms with van der Waals surface area (Å²) in [6, 6.07) is 14.6. The summed E-state index contributed by atoms with van der Waals surface area (Å²) in [7, 11) is 4.72. The number of pyridine rings is 1. The molecule has 0 saturated carbocycles. The zero-order chi connectivity index (χ0) is 22.7. The minimum Gasteiger partial charge on any atom is -0.497 e. The number of carbonyl (C=O) groups is 1. The van der Waals surface area contributed by atoms with Crippen molar-refractivity contribution in [2.45, 2.75) is 13.5 Å². The molecular formula is C24H23N3O4S. The molecule has 2 aromatic heterocycles. The van der Waals surface area contributed by atoms with Gasteiger partial charge in [-0.3, -0.25) is 14.7 Å². The maximum absolute atomic E-state index is 13.7. The molecule has 0 spiro atoms. The fourth-order valence-corrected chi connectivity index (χ4v) is 4.39. The van der Waals surface area contributed by atoms with Crippen molar-refractivity contribution in [3.8, 4) is 17.2 Å². The third-order valence-electron chi connectivity index (χ3n) is 5.03. The molecule has 2 aromatic carbocycles. The van der Waals surface area contributed by atoms with E-state index in [1.54, 1.807) is 50.6 Å². The van der Waals surface area contributed by atoms with Gasteiger partial charge in [-0.15, -0.1) is 0 Å². The number of anilines is 1. The van der Waals surface area contributed by atoms with E-state index < -0.39 is 0 Å². The SMILES string of the molecule is COc1cc(OC)cc(C(=O)N(Cc2ccccn2)c2nc3c(OC)ccc(C)c3s2)c1. The average molecular weight is 450 g/mol. The first-order valence-corrected chi connectivity index (χ1v) is 10.7. The number of rotatable bonds is 7. The Hall–Kier alpha value is -3.65. The Balaban J connectivity index is 1.84. The molecule has 164 valence electrons. The largest absolute Gasteiger partial charge is 0.497 e. The Morgan fingerprint density at radius 3 is 2.38 bits per heavy atom. The van der Waals surface area contributed by atoms with Crippen LogP contribution in [0.4, 0.5) is 5.13 Å². The average Bonchev–Trinajstić information content (AvgIpc) is 3.29. The second-order valence-corrected chi connectivity index (χ2v) is 8.05. The van der Waals surface area contributed by atoms with Gasteiger partial charge in [-0.05, 0) is 42.8 Å². The molecule has 0 radical (unpaired) electrons. The molecule has 0 N–H and O–H groups in total. The van der Waals surface area contributed by atoms with Crippen molar-refractivity contribution in [2.24, 2.45) is 0 Å². The van der Waals surface area contributed by atoms with Crippen molar-refractivity contribution >= 4 is 32.6 Å². The number of hydrogen-bond acceptors (Lipinski definition) is 7. The van der Waals surface area contributed by atoms with Crippen LogP contribution in [-0.4, -0.2) is 37.2 Å². The number of carbonyl (C=O) groups excluding carboxylic acids is 1. The molecule has 4 aromatic rings. The first-order chi connectivity index (χ1) is 15.5. The van der Waals surface area contributed by atoms with Gasteiger partial charge in [0.15, 0.2) is 5.13 Å². The molecule has 0 saturated heterocycles. The quantitative estimate of drug-likeness (QED) is 0.401. The van der Waals surface area contributed by atoms with Gasteiger partial charge in [0.2, 0.25) is 0 Å². The highest BCUT2D eigenvalue weighted by molar-refractivity contribution is 7.22. The van der Waals surface area contributed by atoms with Crippen molar-refractivity contribution < 1.29 is 19.0 Å². The van der Waals surface area contributed by atoms with Gasteiger partial charge in [0.1, 0.15) is 22.8 Å². The van der Waals surface area contributed by atoms with Crippen LogP contribution in [-0.2, 0) is 6.54 Å². The van der Waals surface area contributed by atoms with E-state index in [1.807, 2.05) is 37.3 Å². The maximum atomic E-state index is 13.7. The molecule has 2 heterocycles. The summed E-state index contributed by atoms with van der Waals surface area (Å²) in [6.07, 6.45) is 1.71. The minimum absolute atomic E-state index is 0.233. The molecule has 0 aliphatic rings. The molecule has 0 aliphatic carbocycles. The second kappa shape index (κ2) is 9.23. The number of aromatic nitrogens is 2. The third kappa shape index (κ3) is 4.22. The van der Waals surface area contributed by atoms with Gasteiger partial charge < -0.3 is 14.2 Å². The molecule has 1 amide bonds. The van der Waals surface area contributed by atoms with Gasteiger partial charge in [0.05, 0.1) is 38.3 Å². The van der Waals surface area contributed by atoms with E-state index >= 15 is 0 Å². The number of hydrogen-bond donors (Lipinski definition) is 0. The summed E-state index contributed by atoms with van der Waals surface area (Å²) in [5.74, 6) is 1.50. The predicted octanol–water partition coefficient (Wildman–Crippen LogP) is 4.87. The van der Waals surface area contributed by atoms with Crippen molar-refractivity contribution in [3.63, 3.8) is 0 Å². The van der Waals surface area contributed by atoms with Crippen LogP contribution in [0.15, 0.2) is 54.7 Å². The van der Waals surface area contributed by atoms with Gasteiger partial charge in [0, 0.05) is 17.8 Å². The number of benzene rings is 2. The highest BCUT2D eigenvalue weighted by Crippen LogP contribution is 2.37. The van der Waals surface area contributed by atoms with E-state index in [-0.39, 0.29) is 12.5 Å². The van der Waals surface area contributed by atoms with Crippen LogP contribution in [0.3, 0.4) is 0 Å². The molecule has 7 nitrogen and oxygen atoms in total.